The lowest BCUT2D eigenvalue weighted by atomic mass is 10.2. The van der Waals surface area contributed by atoms with Crippen LogP contribution in [0.2, 0.25) is 0 Å². The molecule has 0 spiro atoms. The number of hydrogen-bond acceptors (Lipinski definition) is 7. The fraction of sp³-hybridized carbons (Fsp3) is 0.500. The van der Waals surface area contributed by atoms with E-state index in [1.165, 1.54) is 0 Å². The number of thioether (sulfide) groups is 1. The molecular weight excluding hydrogens is 382 g/mol. The molecule has 0 bridgehead atoms. The summed E-state index contributed by atoms with van der Waals surface area (Å²) in [6.45, 7) is 1.62. The SMILES string of the molecule is COc1cc(Br)cc(CNCCCSc2nnnn2C)c1OC. The zero-order chi connectivity index (χ0) is 16.7. The van der Waals surface area contributed by atoms with E-state index in [0.717, 1.165) is 52.0 Å². The summed E-state index contributed by atoms with van der Waals surface area (Å²) in [5.74, 6) is 2.45. The van der Waals surface area contributed by atoms with Gasteiger partial charge in [0.1, 0.15) is 0 Å². The lowest BCUT2D eigenvalue weighted by Crippen LogP contribution is -2.16. The Morgan fingerprint density at radius 1 is 1.30 bits per heavy atom. The highest BCUT2D eigenvalue weighted by atomic mass is 79.9. The topological polar surface area (TPSA) is 74.1 Å². The first-order chi connectivity index (χ1) is 11.2. The van der Waals surface area contributed by atoms with Crippen molar-refractivity contribution >= 4 is 27.7 Å². The number of ether oxygens (including phenoxy) is 2. The average molecular weight is 402 g/mol. The predicted molar refractivity (Wildman–Crippen MR) is 93.1 cm³/mol. The molecule has 1 aromatic carbocycles. The molecule has 0 saturated heterocycles. The van der Waals surface area contributed by atoms with Crippen LogP contribution in [0.1, 0.15) is 12.0 Å². The molecule has 0 radical (unpaired) electrons. The molecule has 2 aromatic rings. The van der Waals surface area contributed by atoms with E-state index >= 15 is 0 Å². The molecule has 0 unspecified atom stereocenters. The van der Waals surface area contributed by atoms with Crippen molar-refractivity contribution in [2.24, 2.45) is 7.05 Å². The molecule has 7 nitrogen and oxygen atoms in total. The first-order valence-electron chi connectivity index (χ1n) is 7.12. The number of benzene rings is 1. The van der Waals surface area contributed by atoms with Gasteiger partial charge in [0.25, 0.3) is 0 Å². The monoisotopic (exact) mass is 401 g/mol. The summed E-state index contributed by atoms with van der Waals surface area (Å²) < 4.78 is 13.4. The Bertz CT molecular complexity index is 638. The molecule has 0 aliphatic carbocycles. The van der Waals surface area contributed by atoms with Crippen LogP contribution >= 0.6 is 27.7 Å². The van der Waals surface area contributed by atoms with Gasteiger partial charge in [0.05, 0.1) is 14.2 Å². The van der Waals surface area contributed by atoms with Crippen molar-refractivity contribution in [1.82, 2.24) is 25.5 Å². The lowest BCUT2D eigenvalue weighted by Gasteiger charge is -2.14. The van der Waals surface area contributed by atoms with Crippen molar-refractivity contribution in [3.8, 4) is 11.5 Å². The molecule has 0 amide bonds. The molecule has 9 heteroatoms. The summed E-state index contributed by atoms with van der Waals surface area (Å²) in [6, 6.07) is 3.93. The predicted octanol–water partition coefficient (Wildman–Crippen LogP) is 2.26. The summed E-state index contributed by atoms with van der Waals surface area (Å²) in [6.07, 6.45) is 1.02. The first-order valence-corrected chi connectivity index (χ1v) is 8.89. The van der Waals surface area contributed by atoms with E-state index in [9.17, 15) is 0 Å². The molecule has 126 valence electrons. The summed E-state index contributed by atoms with van der Waals surface area (Å²) >= 11 is 5.14. The summed E-state index contributed by atoms with van der Waals surface area (Å²) in [7, 11) is 5.13. The maximum Gasteiger partial charge on any atom is 0.209 e. The molecule has 2 rings (SSSR count). The van der Waals surface area contributed by atoms with Crippen LogP contribution in [0.25, 0.3) is 0 Å². The second kappa shape index (κ2) is 9.09. The van der Waals surface area contributed by atoms with Crippen LogP contribution in [0.5, 0.6) is 11.5 Å². The Kier molecular flexibility index (Phi) is 7.13. The summed E-state index contributed by atoms with van der Waals surface area (Å²) in [4.78, 5) is 0. The van der Waals surface area contributed by atoms with Crippen molar-refractivity contribution in [2.75, 3.05) is 26.5 Å². The minimum absolute atomic E-state index is 0.717. The zero-order valence-electron chi connectivity index (χ0n) is 13.4. The van der Waals surface area contributed by atoms with E-state index in [4.69, 9.17) is 9.47 Å². The summed E-state index contributed by atoms with van der Waals surface area (Å²) in [5, 5.41) is 15.6. The van der Waals surface area contributed by atoms with E-state index in [2.05, 4.69) is 36.8 Å². The Morgan fingerprint density at radius 2 is 2.13 bits per heavy atom. The Morgan fingerprint density at radius 3 is 2.78 bits per heavy atom. The second-order valence-corrected chi connectivity index (χ2v) is 6.74. The molecule has 23 heavy (non-hydrogen) atoms. The number of nitrogens with one attached hydrogen (secondary N) is 1. The van der Waals surface area contributed by atoms with Gasteiger partial charge in [0, 0.05) is 29.4 Å². The number of hydrogen-bond donors (Lipinski definition) is 1. The van der Waals surface area contributed by atoms with Gasteiger partial charge in [-0.2, -0.15) is 0 Å². The number of tetrazole rings is 1. The normalized spacial score (nSPS) is 10.8. The number of nitrogens with zero attached hydrogens (tertiary/aromatic N) is 4. The molecule has 1 aromatic heterocycles. The Hall–Kier alpha value is -1.32. The van der Waals surface area contributed by atoms with E-state index in [1.54, 1.807) is 30.7 Å². The minimum atomic E-state index is 0.717. The lowest BCUT2D eigenvalue weighted by molar-refractivity contribution is 0.350. The first kappa shape index (κ1) is 18.0. The number of rotatable bonds is 9. The van der Waals surface area contributed by atoms with Gasteiger partial charge in [0.2, 0.25) is 5.16 Å². The van der Waals surface area contributed by atoms with E-state index in [-0.39, 0.29) is 0 Å². The minimum Gasteiger partial charge on any atom is -0.493 e. The van der Waals surface area contributed by atoms with Crippen molar-refractivity contribution in [1.29, 1.82) is 0 Å². The smallest absolute Gasteiger partial charge is 0.209 e. The molecule has 1 heterocycles. The van der Waals surface area contributed by atoms with Crippen LogP contribution in [0.4, 0.5) is 0 Å². The summed E-state index contributed by atoms with van der Waals surface area (Å²) in [5.41, 5.74) is 1.06. The zero-order valence-corrected chi connectivity index (χ0v) is 15.8. The molecule has 0 aliphatic heterocycles. The van der Waals surface area contributed by atoms with Crippen LogP contribution in [0, 0.1) is 0 Å². The number of aryl methyl sites for hydroxylation is 1. The largest absolute Gasteiger partial charge is 0.493 e. The third-order valence-electron chi connectivity index (χ3n) is 3.15. The highest BCUT2D eigenvalue weighted by Gasteiger charge is 2.11. The number of methoxy groups -OCH3 is 2. The maximum atomic E-state index is 5.45. The number of halogens is 1. The third kappa shape index (κ3) is 5.08. The fourth-order valence-electron chi connectivity index (χ4n) is 2.06. The number of aromatic nitrogens is 4. The molecule has 0 saturated carbocycles. The Labute approximate surface area is 148 Å². The van der Waals surface area contributed by atoms with Crippen LogP contribution in [-0.4, -0.2) is 46.7 Å². The van der Waals surface area contributed by atoms with Crippen molar-refractivity contribution in [3.63, 3.8) is 0 Å². The van der Waals surface area contributed by atoms with Gasteiger partial charge in [-0.1, -0.05) is 27.7 Å². The van der Waals surface area contributed by atoms with Gasteiger partial charge in [-0.15, -0.1) is 5.10 Å². The van der Waals surface area contributed by atoms with Gasteiger partial charge < -0.3 is 14.8 Å². The van der Waals surface area contributed by atoms with Gasteiger partial charge in [0.15, 0.2) is 11.5 Å². The standard InChI is InChI=1S/C14H20BrN5O2S/c1-20-14(17-18-19-20)23-6-4-5-16-9-10-7-11(15)8-12(21-2)13(10)22-3/h7-8,16H,4-6,9H2,1-3H3. The third-order valence-corrected chi connectivity index (χ3v) is 4.70. The second-order valence-electron chi connectivity index (χ2n) is 4.76. The van der Waals surface area contributed by atoms with Crippen molar-refractivity contribution in [3.05, 3.63) is 22.2 Å². The highest BCUT2D eigenvalue weighted by Crippen LogP contribution is 2.34. The van der Waals surface area contributed by atoms with E-state index < -0.39 is 0 Å². The van der Waals surface area contributed by atoms with Crippen LogP contribution in [0.15, 0.2) is 21.8 Å². The fourth-order valence-corrected chi connectivity index (χ4v) is 3.34. The average Bonchev–Trinajstić information content (AvgIpc) is 2.95. The van der Waals surface area contributed by atoms with Crippen LogP contribution in [-0.2, 0) is 13.6 Å². The van der Waals surface area contributed by atoms with E-state index in [1.807, 2.05) is 19.2 Å². The van der Waals surface area contributed by atoms with Crippen molar-refractivity contribution < 1.29 is 9.47 Å². The van der Waals surface area contributed by atoms with Crippen LogP contribution in [0.3, 0.4) is 0 Å². The van der Waals surface area contributed by atoms with Crippen molar-refractivity contribution in [2.45, 2.75) is 18.1 Å². The van der Waals surface area contributed by atoms with Gasteiger partial charge in [-0.3, -0.25) is 0 Å². The molecule has 0 aliphatic rings. The Balaban J connectivity index is 1.78. The van der Waals surface area contributed by atoms with Gasteiger partial charge in [-0.25, -0.2) is 4.68 Å². The molecule has 1 N–H and O–H groups in total. The molecule has 0 fully saturated rings. The van der Waals surface area contributed by atoms with Gasteiger partial charge in [-0.05, 0) is 35.5 Å². The van der Waals surface area contributed by atoms with Gasteiger partial charge >= 0.3 is 0 Å². The van der Waals surface area contributed by atoms with Crippen LogP contribution < -0.4 is 14.8 Å². The quantitative estimate of drug-likeness (QED) is 0.510. The molecular formula is C14H20BrN5O2S. The van der Waals surface area contributed by atoms with E-state index in [0.29, 0.717) is 0 Å². The highest BCUT2D eigenvalue weighted by molar-refractivity contribution is 9.10. The maximum absolute atomic E-state index is 5.45. The molecule has 0 atom stereocenters.